The maximum absolute atomic E-state index is 13.5. The van der Waals surface area contributed by atoms with E-state index < -0.39 is 0 Å². The molecule has 5 rings (SSSR count). The van der Waals surface area contributed by atoms with E-state index in [0.29, 0.717) is 30.7 Å². The number of H-pyrrole nitrogens is 2. The second kappa shape index (κ2) is 15.1. The maximum Gasteiger partial charge on any atom is 0.253 e. The largest absolute Gasteiger partial charge is 0.497 e. The Morgan fingerprint density at radius 2 is 1.84 bits per heavy atom. The van der Waals surface area contributed by atoms with Crippen molar-refractivity contribution in [1.29, 1.82) is 0 Å². The molecular formula is C36H45N5O4. The summed E-state index contributed by atoms with van der Waals surface area (Å²) in [6, 6.07) is 13.2. The summed E-state index contributed by atoms with van der Waals surface area (Å²) in [7, 11) is 1.64. The van der Waals surface area contributed by atoms with E-state index in [0.717, 1.165) is 84.4 Å². The van der Waals surface area contributed by atoms with Crippen LogP contribution in [0.15, 0.2) is 48.7 Å². The fraction of sp³-hybridized carbons (Fsp3) is 0.444. The van der Waals surface area contributed by atoms with Crippen molar-refractivity contribution < 1.29 is 19.1 Å². The molecule has 0 saturated carbocycles. The first kappa shape index (κ1) is 32.0. The third-order valence-corrected chi connectivity index (χ3v) is 8.83. The highest BCUT2D eigenvalue weighted by Gasteiger charge is 2.22. The van der Waals surface area contributed by atoms with E-state index in [2.05, 4.69) is 15.3 Å². The number of Topliss-reactive ketones (excluding diaryl/α,β-unsaturated/α-hetero) is 1. The van der Waals surface area contributed by atoms with Gasteiger partial charge in [-0.3, -0.25) is 14.4 Å². The Morgan fingerprint density at radius 1 is 1.02 bits per heavy atom. The summed E-state index contributed by atoms with van der Waals surface area (Å²) < 4.78 is 5.42. The van der Waals surface area contributed by atoms with Crippen LogP contribution < -0.4 is 10.1 Å². The van der Waals surface area contributed by atoms with E-state index in [1.54, 1.807) is 13.3 Å². The van der Waals surface area contributed by atoms with E-state index >= 15 is 0 Å². The third-order valence-electron chi connectivity index (χ3n) is 8.83. The summed E-state index contributed by atoms with van der Waals surface area (Å²) in [6.45, 7) is 5.48. The summed E-state index contributed by atoms with van der Waals surface area (Å²) >= 11 is 0. The number of ketones is 1. The number of rotatable bonds is 14. The molecule has 45 heavy (non-hydrogen) atoms. The van der Waals surface area contributed by atoms with Gasteiger partial charge >= 0.3 is 0 Å². The number of ether oxygens (including phenoxy) is 1. The van der Waals surface area contributed by atoms with Crippen molar-refractivity contribution in [2.75, 3.05) is 20.2 Å². The molecule has 3 heterocycles. The molecule has 2 aromatic heterocycles. The lowest BCUT2D eigenvalue weighted by molar-refractivity contribution is -0.121. The second-order valence-electron chi connectivity index (χ2n) is 12.0. The molecule has 9 nitrogen and oxygen atoms in total. The Kier molecular flexibility index (Phi) is 10.7. The van der Waals surface area contributed by atoms with Crippen LogP contribution in [0.5, 0.6) is 5.75 Å². The highest BCUT2D eigenvalue weighted by Crippen LogP contribution is 2.28. The monoisotopic (exact) mass is 611 g/mol. The molecule has 0 spiro atoms. The number of hydrogen-bond acceptors (Lipinski definition) is 5. The van der Waals surface area contributed by atoms with Gasteiger partial charge in [-0.05, 0) is 74.9 Å². The fourth-order valence-corrected chi connectivity index (χ4v) is 6.18. The van der Waals surface area contributed by atoms with E-state index in [-0.39, 0.29) is 30.1 Å². The van der Waals surface area contributed by atoms with Crippen LogP contribution in [0, 0.1) is 6.92 Å². The number of imidazole rings is 1. The predicted octanol–water partition coefficient (Wildman–Crippen LogP) is 6.83. The molecule has 2 amide bonds. The third kappa shape index (κ3) is 8.01. The molecule has 1 aliphatic rings. The van der Waals surface area contributed by atoms with Crippen LogP contribution in [0.4, 0.5) is 0 Å². The van der Waals surface area contributed by atoms with Crippen molar-refractivity contribution in [2.45, 2.75) is 84.1 Å². The van der Waals surface area contributed by atoms with E-state index in [1.807, 2.05) is 61.2 Å². The van der Waals surface area contributed by atoms with Gasteiger partial charge in [0.05, 0.1) is 31.5 Å². The number of aromatic amines is 2. The summed E-state index contributed by atoms with van der Waals surface area (Å²) in [6.07, 6.45) is 9.69. The van der Waals surface area contributed by atoms with E-state index in [9.17, 15) is 14.4 Å². The molecule has 3 N–H and O–H groups in total. The molecule has 0 aliphatic carbocycles. The lowest BCUT2D eigenvalue weighted by Gasteiger charge is -2.26. The number of nitrogens with zero attached hydrogens (tertiary/aromatic N) is 2. The van der Waals surface area contributed by atoms with Crippen LogP contribution in [-0.4, -0.2) is 57.6 Å². The molecule has 1 aliphatic heterocycles. The maximum atomic E-state index is 13.5. The molecule has 238 valence electrons. The molecule has 4 aromatic rings. The summed E-state index contributed by atoms with van der Waals surface area (Å²) in [5.41, 5.74) is 5.20. The van der Waals surface area contributed by atoms with Gasteiger partial charge in [-0.2, -0.15) is 0 Å². The number of unbranched alkanes of at least 4 members (excludes halogenated alkanes) is 2. The summed E-state index contributed by atoms with van der Waals surface area (Å²) in [5.74, 6) is 1.66. The minimum Gasteiger partial charge on any atom is -0.497 e. The van der Waals surface area contributed by atoms with Gasteiger partial charge in [0.1, 0.15) is 17.4 Å². The fourth-order valence-electron chi connectivity index (χ4n) is 6.18. The zero-order valence-electron chi connectivity index (χ0n) is 26.7. The molecule has 1 saturated heterocycles. The number of fused-ring (bicyclic) bond motifs is 1. The molecule has 1 atom stereocenters. The Labute approximate surface area is 265 Å². The number of benzene rings is 2. The number of aromatic nitrogens is 3. The first-order valence-corrected chi connectivity index (χ1v) is 16.3. The van der Waals surface area contributed by atoms with E-state index in [4.69, 9.17) is 9.72 Å². The Bertz CT molecular complexity index is 1630. The molecule has 0 bridgehead atoms. The van der Waals surface area contributed by atoms with Crippen molar-refractivity contribution in [3.8, 4) is 17.0 Å². The van der Waals surface area contributed by atoms with Crippen LogP contribution in [0.25, 0.3) is 22.2 Å². The van der Waals surface area contributed by atoms with Gasteiger partial charge < -0.3 is 24.9 Å². The average molecular weight is 612 g/mol. The topological polar surface area (TPSA) is 120 Å². The van der Waals surface area contributed by atoms with Crippen molar-refractivity contribution in [2.24, 2.45) is 0 Å². The number of carbonyl (C=O) groups excluding carboxylic acids is 3. The van der Waals surface area contributed by atoms with Gasteiger partial charge in [-0.1, -0.05) is 31.9 Å². The van der Waals surface area contributed by atoms with E-state index in [1.165, 1.54) is 6.42 Å². The smallest absolute Gasteiger partial charge is 0.253 e. The Balaban J connectivity index is 1.32. The van der Waals surface area contributed by atoms with Gasteiger partial charge in [-0.25, -0.2) is 4.98 Å². The first-order valence-electron chi connectivity index (χ1n) is 16.3. The van der Waals surface area contributed by atoms with Crippen LogP contribution >= 0.6 is 0 Å². The number of aryl methyl sites for hydroxylation is 1. The van der Waals surface area contributed by atoms with Gasteiger partial charge in [0.25, 0.3) is 5.91 Å². The SMILES string of the molecule is CCC(=O)CCCCCC(NC(=O)Cc1c(C)[nH]c2ccc(OC)cc12)c1ncc(-c2cccc(C(=O)N3CCCCC3)c2)[nH]1. The van der Waals surface area contributed by atoms with Crippen LogP contribution in [-0.2, 0) is 16.0 Å². The van der Waals surface area contributed by atoms with Gasteiger partial charge in [0.15, 0.2) is 0 Å². The summed E-state index contributed by atoms with van der Waals surface area (Å²) in [5, 5.41) is 4.21. The van der Waals surface area contributed by atoms with Crippen molar-refractivity contribution in [1.82, 2.24) is 25.2 Å². The Morgan fingerprint density at radius 3 is 2.62 bits per heavy atom. The van der Waals surface area contributed by atoms with Crippen LogP contribution in [0.3, 0.4) is 0 Å². The zero-order chi connectivity index (χ0) is 31.8. The van der Waals surface area contributed by atoms with Crippen LogP contribution in [0.2, 0.25) is 0 Å². The molecule has 9 heteroatoms. The summed E-state index contributed by atoms with van der Waals surface area (Å²) in [4.78, 5) is 51.9. The van der Waals surface area contributed by atoms with Crippen molar-refractivity contribution >= 4 is 28.5 Å². The normalized spacial score (nSPS) is 14.0. The van der Waals surface area contributed by atoms with Crippen LogP contribution in [0.1, 0.15) is 98.2 Å². The standard InChI is InChI=1S/C36H45N5O4/c1-4-27(42)14-7-5-8-15-32(39-34(43)22-29-24(2)38-31-17-16-28(45-3)21-30(29)31)35-37-23-33(40-35)25-12-11-13-26(20-25)36(44)41-18-9-6-10-19-41/h11-13,16-17,20-21,23,32,38H,4-10,14-15,18-19,22H2,1-3H3,(H,37,40)(H,39,43). The van der Waals surface area contributed by atoms with Gasteiger partial charge in [0, 0.05) is 53.7 Å². The van der Waals surface area contributed by atoms with Crippen molar-refractivity contribution in [3.05, 3.63) is 71.3 Å². The number of nitrogens with one attached hydrogen (secondary N) is 3. The number of likely N-dealkylation sites (tertiary alicyclic amines) is 1. The second-order valence-corrected chi connectivity index (χ2v) is 12.0. The predicted molar refractivity (Wildman–Crippen MR) is 176 cm³/mol. The number of piperidine rings is 1. The number of hydrogen-bond donors (Lipinski definition) is 3. The number of amides is 2. The lowest BCUT2D eigenvalue weighted by Crippen LogP contribution is -2.35. The number of carbonyl (C=O) groups is 3. The molecule has 1 unspecified atom stereocenters. The minimum atomic E-state index is -0.327. The first-order chi connectivity index (χ1) is 21.9. The van der Waals surface area contributed by atoms with Gasteiger partial charge in [0.2, 0.25) is 5.91 Å². The van der Waals surface area contributed by atoms with Crippen molar-refractivity contribution in [3.63, 3.8) is 0 Å². The number of methoxy groups -OCH3 is 1. The zero-order valence-corrected chi connectivity index (χ0v) is 26.7. The molecule has 2 aromatic carbocycles. The Hall–Kier alpha value is -4.40. The minimum absolute atomic E-state index is 0.0631. The molecule has 1 fully saturated rings. The lowest BCUT2D eigenvalue weighted by atomic mass is 10.0. The molecule has 0 radical (unpaired) electrons. The molecular weight excluding hydrogens is 566 g/mol. The average Bonchev–Trinajstić information content (AvgIpc) is 3.68. The highest BCUT2D eigenvalue weighted by molar-refractivity contribution is 5.95. The quantitative estimate of drug-likeness (QED) is 0.135. The van der Waals surface area contributed by atoms with Gasteiger partial charge in [-0.15, -0.1) is 0 Å². The highest BCUT2D eigenvalue weighted by atomic mass is 16.5.